The number of nitrogens with zero attached hydrogens (tertiary/aromatic N) is 5. The molecular weight excluding hydrogens is 470 g/mol. The lowest BCUT2D eigenvalue weighted by atomic mass is 9.96. The molecule has 10 heteroatoms. The SMILES string of the molecule is CSc1ncc(-c2ccc(-c3cnc(N(C4CC4)[C@H]4C[C@@H]5CC[C@H](N5)[C@H]4F)nn3)c(O)c2)cc1F. The third-order valence-corrected chi connectivity index (χ3v) is 7.93. The molecule has 0 spiro atoms. The molecule has 1 saturated carbocycles. The first-order valence-electron chi connectivity index (χ1n) is 11.9. The third kappa shape index (κ3) is 4.23. The van der Waals surface area contributed by atoms with Gasteiger partial charge in [0.2, 0.25) is 5.95 Å². The molecule has 1 aromatic carbocycles. The molecule has 2 aliphatic heterocycles. The highest BCUT2D eigenvalue weighted by molar-refractivity contribution is 7.98. The fourth-order valence-corrected chi connectivity index (χ4v) is 5.76. The van der Waals surface area contributed by atoms with Crippen molar-refractivity contribution in [1.82, 2.24) is 25.5 Å². The number of halogens is 2. The number of rotatable bonds is 6. The van der Waals surface area contributed by atoms with E-state index in [0.717, 1.165) is 32.1 Å². The molecule has 0 radical (unpaired) electrons. The van der Waals surface area contributed by atoms with E-state index in [4.69, 9.17) is 0 Å². The van der Waals surface area contributed by atoms with E-state index in [2.05, 4.69) is 25.5 Å². The van der Waals surface area contributed by atoms with Crippen LogP contribution in [0.5, 0.6) is 5.75 Å². The van der Waals surface area contributed by atoms with Gasteiger partial charge in [0.05, 0.1) is 12.2 Å². The van der Waals surface area contributed by atoms with Crippen molar-refractivity contribution in [2.75, 3.05) is 11.2 Å². The van der Waals surface area contributed by atoms with Crippen molar-refractivity contribution in [2.24, 2.45) is 0 Å². The molecular formula is C25H26F2N6OS. The van der Waals surface area contributed by atoms with Gasteiger partial charge in [0.15, 0.2) is 5.82 Å². The Balaban J connectivity index is 1.25. The first kappa shape index (κ1) is 22.6. The van der Waals surface area contributed by atoms with Crippen molar-refractivity contribution in [3.8, 4) is 28.1 Å². The topological polar surface area (TPSA) is 87.1 Å². The number of benzene rings is 1. The van der Waals surface area contributed by atoms with Crippen molar-refractivity contribution in [2.45, 2.75) is 67.5 Å². The fraction of sp³-hybridized carbons (Fsp3) is 0.440. The second-order valence-corrected chi connectivity index (χ2v) is 10.3. The molecule has 2 saturated heterocycles. The standard InChI is InChI=1S/C25H26F2N6OS/c1-35-24-18(26)8-14(11-28-24)13-2-6-17(22(34)9-13)20-12-29-25(32-31-20)33(16-4-5-16)21-10-15-3-7-19(30-15)23(21)27/h2,6,8-9,11-12,15-16,19,21,23,30,34H,3-5,7,10H2,1H3/t15-,19-,21-,23+/m0/s1. The molecule has 3 aliphatic rings. The zero-order chi connectivity index (χ0) is 24.1. The molecule has 0 unspecified atom stereocenters. The van der Waals surface area contributed by atoms with E-state index in [1.807, 2.05) is 4.90 Å². The molecule has 4 atom stereocenters. The summed E-state index contributed by atoms with van der Waals surface area (Å²) in [5, 5.41) is 23.1. The highest BCUT2D eigenvalue weighted by atomic mass is 32.2. The Morgan fingerprint density at radius 2 is 1.91 bits per heavy atom. The molecule has 2 aromatic heterocycles. The average molecular weight is 497 g/mol. The second-order valence-electron chi connectivity index (χ2n) is 9.52. The minimum atomic E-state index is -0.960. The lowest BCUT2D eigenvalue weighted by molar-refractivity contribution is 0.171. The maximum atomic E-state index is 15.3. The number of nitrogens with one attached hydrogen (secondary N) is 1. The van der Waals surface area contributed by atoms with Crippen LogP contribution < -0.4 is 10.2 Å². The predicted octanol–water partition coefficient (Wildman–Crippen LogP) is 4.37. The number of pyridine rings is 1. The normalized spacial score (nSPS) is 25.6. The van der Waals surface area contributed by atoms with Crippen LogP contribution in [0.1, 0.15) is 32.1 Å². The number of piperidine rings is 1. The Bertz CT molecular complexity index is 1240. The van der Waals surface area contributed by atoms with Gasteiger partial charge >= 0.3 is 0 Å². The number of fused-ring (bicyclic) bond motifs is 2. The number of thioether (sulfide) groups is 1. The first-order chi connectivity index (χ1) is 17.0. The molecule has 4 heterocycles. The lowest BCUT2D eigenvalue weighted by Crippen LogP contribution is -2.57. The molecule has 35 heavy (non-hydrogen) atoms. The van der Waals surface area contributed by atoms with Gasteiger partial charge in [-0.05, 0) is 62.1 Å². The Morgan fingerprint density at radius 3 is 2.60 bits per heavy atom. The summed E-state index contributed by atoms with van der Waals surface area (Å²) < 4.78 is 29.4. The van der Waals surface area contributed by atoms with Gasteiger partial charge in [-0.15, -0.1) is 22.0 Å². The molecule has 6 rings (SSSR count). The highest BCUT2D eigenvalue weighted by Gasteiger charge is 2.48. The molecule has 2 N–H and O–H groups in total. The van der Waals surface area contributed by atoms with Gasteiger partial charge < -0.3 is 15.3 Å². The number of hydrogen-bond acceptors (Lipinski definition) is 8. The smallest absolute Gasteiger partial charge is 0.245 e. The van der Waals surface area contributed by atoms with Crippen LogP contribution in [0.15, 0.2) is 41.7 Å². The minimum Gasteiger partial charge on any atom is -0.507 e. The van der Waals surface area contributed by atoms with Crippen molar-refractivity contribution < 1.29 is 13.9 Å². The monoisotopic (exact) mass is 496 g/mol. The molecule has 7 nitrogen and oxygen atoms in total. The zero-order valence-electron chi connectivity index (χ0n) is 19.2. The van der Waals surface area contributed by atoms with Crippen molar-refractivity contribution >= 4 is 17.7 Å². The summed E-state index contributed by atoms with van der Waals surface area (Å²) in [5.74, 6) is 0.0250. The fourth-order valence-electron chi connectivity index (χ4n) is 5.35. The maximum absolute atomic E-state index is 15.3. The van der Waals surface area contributed by atoms with Gasteiger partial charge in [-0.2, -0.15) is 0 Å². The quantitative estimate of drug-likeness (QED) is 0.487. The average Bonchev–Trinajstić information content (AvgIpc) is 3.62. The number of aromatic nitrogens is 4. The van der Waals surface area contributed by atoms with E-state index in [9.17, 15) is 9.50 Å². The van der Waals surface area contributed by atoms with Gasteiger partial charge in [0.1, 0.15) is 22.6 Å². The van der Waals surface area contributed by atoms with E-state index in [-0.39, 0.29) is 23.9 Å². The summed E-state index contributed by atoms with van der Waals surface area (Å²) in [7, 11) is 0. The summed E-state index contributed by atoms with van der Waals surface area (Å²) in [5.41, 5.74) is 2.09. The van der Waals surface area contributed by atoms with Crippen LogP contribution in [0.2, 0.25) is 0 Å². The van der Waals surface area contributed by atoms with Crippen LogP contribution in [0.3, 0.4) is 0 Å². The Hall–Kier alpha value is -2.85. The van der Waals surface area contributed by atoms with Crippen LogP contribution in [-0.2, 0) is 0 Å². The Kier molecular flexibility index (Phi) is 5.80. The molecule has 3 fully saturated rings. The molecule has 2 bridgehead atoms. The molecule has 182 valence electrons. The number of phenolic OH excluding ortho intramolecular Hbond substituents is 1. The summed E-state index contributed by atoms with van der Waals surface area (Å²) in [6.45, 7) is 0. The number of hydrogen-bond donors (Lipinski definition) is 2. The molecule has 1 aliphatic carbocycles. The first-order valence-corrected chi connectivity index (χ1v) is 13.2. The number of phenols is 1. The Labute approximate surface area is 206 Å². The number of alkyl halides is 1. The van der Waals surface area contributed by atoms with E-state index < -0.39 is 12.0 Å². The van der Waals surface area contributed by atoms with E-state index in [0.29, 0.717) is 39.4 Å². The largest absolute Gasteiger partial charge is 0.507 e. The van der Waals surface area contributed by atoms with Gasteiger partial charge in [0.25, 0.3) is 0 Å². The summed E-state index contributed by atoms with van der Waals surface area (Å²) >= 11 is 1.24. The third-order valence-electron chi connectivity index (χ3n) is 7.24. The van der Waals surface area contributed by atoms with E-state index >= 15 is 4.39 Å². The van der Waals surface area contributed by atoms with Gasteiger partial charge in [-0.3, -0.25) is 0 Å². The highest BCUT2D eigenvalue weighted by Crippen LogP contribution is 2.40. The van der Waals surface area contributed by atoms with Crippen LogP contribution in [0.4, 0.5) is 14.7 Å². The Morgan fingerprint density at radius 1 is 1.06 bits per heavy atom. The van der Waals surface area contributed by atoms with Crippen molar-refractivity contribution in [3.05, 3.63) is 42.5 Å². The maximum Gasteiger partial charge on any atom is 0.245 e. The summed E-state index contributed by atoms with van der Waals surface area (Å²) in [6.07, 6.45) is 8.60. The van der Waals surface area contributed by atoms with E-state index in [1.54, 1.807) is 36.8 Å². The van der Waals surface area contributed by atoms with Crippen molar-refractivity contribution in [3.63, 3.8) is 0 Å². The van der Waals surface area contributed by atoms with Crippen LogP contribution in [0.25, 0.3) is 22.4 Å². The van der Waals surface area contributed by atoms with Gasteiger partial charge in [-0.25, -0.2) is 18.7 Å². The molecule has 0 amide bonds. The number of anilines is 1. The van der Waals surface area contributed by atoms with Gasteiger partial charge in [-0.1, -0.05) is 6.07 Å². The minimum absolute atomic E-state index is 0.0153. The van der Waals surface area contributed by atoms with Crippen LogP contribution >= 0.6 is 11.8 Å². The molecule has 3 aromatic rings. The van der Waals surface area contributed by atoms with Crippen LogP contribution in [0, 0.1) is 5.82 Å². The second kappa shape index (κ2) is 8.98. The number of aromatic hydroxyl groups is 1. The lowest BCUT2D eigenvalue weighted by Gasteiger charge is -2.40. The van der Waals surface area contributed by atoms with Gasteiger partial charge in [0, 0.05) is 35.4 Å². The zero-order valence-corrected chi connectivity index (χ0v) is 20.1. The van der Waals surface area contributed by atoms with E-state index in [1.165, 1.54) is 17.8 Å². The summed E-state index contributed by atoms with van der Waals surface area (Å²) in [6, 6.07) is 6.70. The predicted molar refractivity (Wildman–Crippen MR) is 131 cm³/mol. The summed E-state index contributed by atoms with van der Waals surface area (Å²) in [4.78, 5) is 10.7. The van der Waals surface area contributed by atoms with Crippen molar-refractivity contribution in [1.29, 1.82) is 0 Å². The van der Waals surface area contributed by atoms with Crippen LogP contribution in [-0.4, -0.2) is 61.9 Å².